The average molecular weight is 825 g/mol. The lowest BCUT2D eigenvalue weighted by atomic mass is 9.85. The van der Waals surface area contributed by atoms with Gasteiger partial charge in [-0.25, -0.2) is 0 Å². The quantitative estimate of drug-likeness (QED) is 0.198. The second-order valence-electron chi connectivity index (χ2n) is 18.5. The molecule has 3 heterocycles. The number of aromatic nitrogens is 1. The van der Waals surface area contributed by atoms with Gasteiger partial charge < -0.3 is 36.9 Å². The molecule has 8 N–H and O–H groups in total. The Bertz CT molecular complexity index is 1790. The zero-order chi connectivity index (χ0) is 43.2. The lowest BCUT2D eigenvalue weighted by Gasteiger charge is -2.33. The molecule has 2 unspecified atom stereocenters. The number of H-pyrrole nitrogens is 1. The van der Waals surface area contributed by atoms with Crippen molar-refractivity contribution >= 4 is 58.1 Å². The number of hydrogen-bond acceptors (Lipinski definition) is 8. The van der Waals surface area contributed by atoms with Gasteiger partial charge in [0.2, 0.25) is 35.4 Å². The van der Waals surface area contributed by atoms with Gasteiger partial charge in [0.15, 0.2) is 0 Å². The van der Waals surface area contributed by atoms with Crippen LogP contribution in [0.2, 0.25) is 0 Å². The van der Waals surface area contributed by atoms with Gasteiger partial charge in [0.25, 0.3) is 0 Å². The van der Waals surface area contributed by atoms with Gasteiger partial charge in [0.1, 0.15) is 30.2 Å². The largest absolute Gasteiger partial charge is 0.361 e. The molecule has 2 fully saturated rings. The van der Waals surface area contributed by atoms with Crippen molar-refractivity contribution in [2.24, 2.45) is 29.1 Å². The lowest BCUT2D eigenvalue weighted by molar-refractivity contribution is -0.136. The average Bonchev–Trinajstić information content (AvgIpc) is 3.76. The first-order valence-electron chi connectivity index (χ1n) is 20.9. The van der Waals surface area contributed by atoms with Gasteiger partial charge in [0.05, 0.1) is 17.5 Å². The fraction of sp³-hybridized carbons (Fsp3) is 0.674. The van der Waals surface area contributed by atoms with Crippen molar-refractivity contribution in [1.29, 1.82) is 0 Å². The van der Waals surface area contributed by atoms with Crippen molar-refractivity contribution in [1.82, 2.24) is 42.2 Å². The maximum atomic E-state index is 14.5. The third-order valence-corrected chi connectivity index (χ3v) is 12.7. The van der Waals surface area contributed by atoms with Gasteiger partial charge in [0, 0.05) is 28.8 Å². The molecule has 0 saturated carbocycles. The van der Waals surface area contributed by atoms with E-state index in [9.17, 15) is 28.8 Å². The van der Waals surface area contributed by atoms with Crippen molar-refractivity contribution in [3.63, 3.8) is 0 Å². The van der Waals surface area contributed by atoms with E-state index in [0.717, 1.165) is 16.5 Å². The Morgan fingerprint density at radius 3 is 1.79 bits per heavy atom. The van der Waals surface area contributed by atoms with Crippen molar-refractivity contribution in [2.75, 3.05) is 0 Å². The summed E-state index contributed by atoms with van der Waals surface area (Å²) in [6.45, 7) is 22.7. The normalized spacial score (nSPS) is 28.9. The molecule has 9 atom stereocenters. The Morgan fingerprint density at radius 2 is 1.22 bits per heavy atom. The summed E-state index contributed by atoms with van der Waals surface area (Å²) in [6, 6.07) is 1.37. The fourth-order valence-corrected chi connectivity index (χ4v) is 9.34. The first kappa shape index (κ1) is 46.6. The van der Waals surface area contributed by atoms with Gasteiger partial charge in [-0.15, -0.1) is 11.8 Å². The highest BCUT2D eigenvalue weighted by Gasteiger charge is 2.45. The van der Waals surface area contributed by atoms with E-state index in [2.05, 4.69) is 42.2 Å². The summed E-state index contributed by atoms with van der Waals surface area (Å²) in [6.07, 6.45) is 2.79. The van der Waals surface area contributed by atoms with Crippen LogP contribution in [0.3, 0.4) is 0 Å². The zero-order valence-electron chi connectivity index (χ0n) is 36.4. The number of fused-ring (bicyclic) bond motifs is 3. The lowest BCUT2D eigenvalue weighted by Crippen LogP contribution is -2.62. The molecule has 1 aromatic carbocycles. The molecule has 14 nitrogen and oxygen atoms in total. The van der Waals surface area contributed by atoms with E-state index in [1.54, 1.807) is 31.8 Å². The van der Waals surface area contributed by atoms with Crippen LogP contribution < -0.4 is 37.2 Å². The number of aromatic amines is 1. The molecule has 4 rings (SSSR count). The molecular weight excluding hydrogens is 757 g/mol. The number of amides is 6. The predicted octanol–water partition coefficient (Wildman–Crippen LogP) is 3.50. The van der Waals surface area contributed by atoms with Gasteiger partial charge >= 0.3 is 0 Å². The Labute approximate surface area is 348 Å². The van der Waals surface area contributed by atoms with Crippen LogP contribution in [0.1, 0.15) is 101 Å². The number of carbonyl (C=O) groups is 6. The first-order valence-corrected chi connectivity index (χ1v) is 21.9. The maximum Gasteiger partial charge on any atom is 0.243 e. The van der Waals surface area contributed by atoms with Crippen LogP contribution in [-0.2, 0) is 35.2 Å². The van der Waals surface area contributed by atoms with Crippen LogP contribution in [-0.4, -0.2) is 93.3 Å². The van der Waals surface area contributed by atoms with E-state index in [-0.39, 0.29) is 59.0 Å². The molecule has 2 saturated heterocycles. The number of para-hydroxylation sites is 1. The van der Waals surface area contributed by atoms with E-state index < -0.39 is 71.3 Å². The summed E-state index contributed by atoms with van der Waals surface area (Å²) in [4.78, 5) is 88.6. The molecule has 58 heavy (non-hydrogen) atoms. The summed E-state index contributed by atoms with van der Waals surface area (Å²) in [7, 11) is 0. The highest BCUT2D eigenvalue weighted by atomic mass is 32.2. The Kier molecular flexibility index (Phi) is 15.9. The van der Waals surface area contributed by atoms with Crippen molar-refractivity contribution in [3.8, 4) is 0 Å². The molecular formula is C43H68N8O6S. The topological polar surface area (TPSA) is 202 Å². The Morgan fingerprint density at radius 1 is 0.655 bits per heavy atom. The smallest absolute Gasteiger partial charge is 0.243 e. The van der Waals surface area contributed by atoms with Crippen LogP contribution in [0.5, 0.6) is 0 Å². The molecule has 0 spiro atoms. The van der Waals surface area contributed by atoms with Gasteiger partial charge in [-0.05, 0) is 53.6 Å². The summed E-state index contributed by atoms with van der Waals surface area (Å²) in [5.41, 5.74) is 0.880. The summed E-state index contributed by atoms with van der Waals surface area (Å²) < 4.78 is 0. The molecule has 2 aliphatic heterocycles. The van der Waals surface area contributed by atoms with Crippen LogP contribution in [0, 0.1) is 29.1 Å². The maximum absolute atomic E-state index is 14.5. The highest BCUT2D eigenvalue weighted by molar-refractivity contribution is 8.00. The predicted molar refractivity (Wildman–Crippen MR) is 229 cm³/mol. The van der Waals surface area contributed by atoms with Crippen molar-refractivity contribution < 1.29 is 28.8 Å². The van der Waals surface area contributed by atoms with Crippen molar-refractivity contribution in [3.05, 3.63) is 36.0 Å². The third kappa shape index (κ3) is 11.5. The summed E-state index contributed by atoms with van der Waals surface area (Å²) in [5.74, 6) is -3.70. The van der Waals surface area contributed by atoms with E-state index in [1.807, 2.05) is 93.5 Å². The first-order chi connectivity index (χ1) is 27.1. The molecule has 15 heteroatoms. The SMILES string of the molecule is CCC1SC2N[C@@H]1C(=O)N[C@H](C(C)(C)C)C(=O)N[C@@H](Cc1c[nH]c3ccccc13)C(=O)N[C@H](CC(C)C)C(=O)N[C@@H](C(C)C)C(=O)N[C@H](C(C)C)C(=O)N[C@H]2C(C)C. The van der Waals surface area contributed by atoms with Gasteiger partial charge in [-0.1, -0.05) is 101 Å². The molecule has 0 aliphatic carbocycles. The van der Waals surface area contributed by atoms with E-state index >= 15 is 0 Å². The summed E-state index contributed by atoms with van der Waals surface area (Å²) in [5, 5.41) is 21.7. The Balaban J connectivity index is 1.82. The van der Waals surface area contributed by atoms with E-state index in [0.29, 0.717) is 6.42 Å². The number of carbonyl (C=O) groups excluding carboxylic acids is 6. The zero-order valence-corrected chi connectivity index (χ0v) is 37.2. The van der Waals surface area contributed by atoms with Crippen LogP contribution in [0.4, 0.5) is 0 Å². The second kappa shape index (κ2) is 19.8. The molecule has 1 aromatic heterocycles. The minimum atomic E-state index is -1.14. The van der Waals surface area contributed by atoms with Crippen LogP contribution in [0.25, 0.3) is 10.9 Å². The number of hydrogen-bond donors (Lipinski definition) is 8. The number of thioether (sulfide) groups is 1. The summed E-state index contributed by atoms with van der Waals surface area (Å²) >= 11 is 1.57. The minimum absolute atomic E-state index is 0.0315. The van der Waals surface area contributed by atoms with E-state index in [4.69, 9.17) is 0 Å². The number of benzene rings is 1. The van der Waals surface area contributed by atoms with Gasteiger partial charge in [-0.2, -0.15) is 0 Å². The number of rotatable bonds is 8. The second-order valence-corrected chi connectivity index (χ2v) is 19.9. The number of nitrogens with one attached hydrogen (secondary N) is 8. The molecule has 322 valence electrons. The molecule has 2 aliphatic rings. The third-order valence-electron chi connectivity index (χ3n) is 11.1. The fourth-order valence-electron chi connectivity index (χ4n) is 7.64. The van der Waals surface area contributed by atoms with Gasteiger partial charge in [-0.3, -0.25) is 34.1 Å². The molecule has 0 radical (unpaired) electrons. The van der Waals surface area contributed by atoms with Crippen LogP contribution in [0.15, 0.2) is 30.5 Å². The molecule has 2 bridgehead atoms. The Hall–Kier alpha value is -4.11. The van der Waals surface area contributed by atoms with E-state index in [1.165, 1.54) is 0 Å². The van der Waals surface area contributed by atoms with Crippen molar-refractivity contribution in [2.45, 2.75) is 155 Å². The highest BCUT2D eigenvalue weighted by Crippen LogP contribution is 2.34. The van der Waals surface area contributed by atoms with Crippen LogP contribution >= 0.6 is 11.8 Å². The standard InChI is InChI=1S/C43H68N8O6S/c1-13-30-34-40(56)51-35(43(10,11)12)41(57)46-29(19-25-20-44-27-17-15-14-16-26(25)27)36(52)45-28(18-21(2)3)37(53)47-31(22(4)5)38(54)48-32(23(6)7)39(55)49-33(24(8)9)42(50-34)58-30/h14-17,20-24,28-35,42,44,50H,13,18-19H2,1-12H3,(H,45,52)(H,46,57)(H,47,53)(H,48,54)(H,49,55)(H,51,56)/t28-,29+,30?,31+,32-,33+,34+,35+,42?/m1/s1. The monoisotopic (exact) mass is 824 g/mol. The minimum Gasteiger partial charge on any atom is -0.361 e. The molecule has 6 amide bonds. The molecule has 2 aromatic rings.